The molecule has 2 aromatic rings. The summed E-state index contributed by atoms with van der Waals surface area (Å²) >= 11 is 0. The van der Waals surface area contributed by atoms with Gasteiger partial charge in [-0.25, -0.2) is 0 Å². The molecule has 1 spiro atoms. The summed E-state index contributed by atoms with van der Waals surface area (Å²) in [7, 11) is 0. The van der Waals surface area contributed by atoms with Gasteiger partial charge in [0.15, 0.2) is 0 Å². The van der Waals surface area contributed by atoms with Crippen molar-refractivity contribution in [2.75, 3.05) is 0 Å². The molecular formula is C31H30. The van der Waals surface area contributed by atoms with Gasteiger partial charge in [-0.05, 0) is 77.2 Å². The average Bonchev–Trinajstić information content (AvgIpc) is 3.06. The monoisotopic (exact) mass is 402 g/mol. The van der Waals surface area contributed by atoms with Crippen LogP contribution in [0.4, 0.5) is 0 Å². The summed E-state index contributed by atoms with van der Waals surface area (Å²) < 4.78 is 0. The summed E-state index contributed by atoms with van der Waals surface area (Å²) in [5.74, 6) is 0.563. The average molecular weight is 403 g/mol. The van der Waals surface area contributed by atoms with Gasteiger partial charge < -0.3 is 0 Å². The van der Waals surface area contributed by atoms with E-state index in [0.29, 0.717) is 5.92 Å². The van der Waals surface area contributed by atoms with Crippen LogP contribution in [0.25, 0.3) is 11.1 Å². The van der Waals surface area contributed by atoms with Crippen LogP contribution in [0.3, 0.4) is 0 Å². The van der Waals surface area contributed by atoms with E-state index in [1.54, 1.807) is 5.57 Å². The maximum Gasteiger partial charge on any atom is 0.0722 e. The molecule has 4 aliphatic carbocycles. The van der Waals surface area contributed by atoms with Crippen molar-refractivity contribution in [2.45, 2.75) is 39.0 Å². The number of allylic oxidation sites excluding steroid dienone is 11. The minimum atomic E-state index is -0.159. The Kier molecular flexibility index (Phi) is 4.82. The van der Waals surface area contributed by atoms with Gasteiger partial charge in [0, 0.05) is 0 Å². The van der Waals surface area contributed by atoms with Crippen molar-refractivity contribution in [1.29, 1.82) is 0 Å². The van der Waals surface area contributed by atoms with E-state index in [4.69, 9.17) is 0 Å². The Labute approximate surface area is 186 Å². The summed E-state index contributed by atoms with van der Waals surface area (Å²) in [6.45, 7) is 9.88. The highest BCUT2D eigenvalue weighted by Gasteiger charge is 2.53. The molecule has 6 rings (SSSR count). The maximum absolute atomic E-state index is 3.56. The maximum atomic E-state index is 3.56. The lowest BCUT2D eigenvalue weighted by molar-refractivity contribution is 0.728. The van der Waals surface area contributed by atoms with Gasteiger partial charge in [-0.3, -0.25) is 0 Å². The molecule has 2 aromatic carbocycles. The van der Waals surface area contributed by atoms with Crippen LogP contribution in [0.1, 0.15) is 55.9 Å². The first-order valence-electron chi connectivity index (χ1n) is 11.4. The largest absolute Gasteiger partial charge is 0.100 e. The highest BCUT2D eigenvalue weighted by atomic mass is 14.5. The molecule has 0 fully saturated rings. The molecule has 0 heterocycles. The van der Waals surface area contributed by atoms with E-state index in [1.165, 1.54) is 44.5 Å². The van der Waals surface area contributed by atoms with E-state index in [9.17, 15) is 0 Å². The zero-order chi connectivity index (χ0) is 21.6. The highest BCUT2D eigenvalue weighted by molar-refractivity contribution is 5.99. The van der Waals surface area contributed by atoms with Gasteiger partial charge in [-0.1, -0.05) is 97.5 Å². The Hall–Kier alpha value is -3.12. The van der Waals surface area contributed by atoms with Gasteiger partial charge in [0.1, 0.15) is 0 Å². The topological polar surface area (TPSA) is 0 Å². The summed E-state index contributed by atoms with van der Waals surface area (Å²) in [6.07, 6.45) is 16.3. The lowest BCUT2D eigenvalue weighted by Crippen LogP contribution is -2.28. The zero-order valence-corrected chi connectivity index (χ0v) is 18.8. The number of rotatable bonds is 0. The molecular weight excluding hydrogens is 372 g/mol. The van der Waals surface area contributed by atoms with E-state index in [-0.39, 0.29) is 5.41 Å². The third kappa shape index (κ3) is 2.82. The van der Waals surface area contributed by atoms with Gasteiger partial charge in [0.25, 0.3) is 0 Å². The first-order valence-corrected chi connectivity index (χ1v) is 11.4. The molecule has 4 aliphatic rings. The summed E-state index contributed by atoms with van der Waals surface area (Å²) in [5, 5.41) is 0. The Bertz CT molecular complexity index is 1220. The van der Waals surface area contributed by atoms with E-state index in [2.05, 4.69) is 98.5 Å². The third-order valence-corrected chi connectivity index (χ3v) is 6.74. The van der Waals surface area contributed by atoms with Crippen LogP contribution in [0.15, 0.2) is 108 Å². The molecule has 0 saturated carbocycles. The lowest BCUT2D eigenvalue weighted by atomic mass is 9.67. The Morgan fingerprint density at radius 3 is 2.13 bits per heavy atom. The number of benzene rings is 2. The second-order valence-corrected chi connectivity index (χ2v) is 9.28. The standard InChI is InChI=1S/C27H22.C4H8/c1-18-10-9-17-25-26(18)21-13-6-8-16-24(21)27(25)22-14-4-2-3-11-19(22)20-12-5-7-15-23(20)27;1-4(2)3/h3-9,11-18H,2,10H2,1H3;1H2,2-3H3. The van der Waals surface area contributed by atoms with E-state index in [0.717, 1.165) is 12.8 Å². The molecule has 0 aromatic heterocycles. The first-order chi connectivity index (χ1) is 15.1. The quantitative estimate of drug-likeness (QED) is 0.390. The highest BCUT2D eigenvalue weighted by Crippen LogP contribution is 2.63. The van der Waals surface area contributed by atoms with Crippen molar-refractivity contribution >= 4 is 11.1 Å². The molecule has 154 valence electrons. The minimum Gasteiger partial charge on any atom is -0.100 e. The summed E-state index contributed by atoms with van der Waals surface area (Å²) in [5.41, 5.74) is 12.7. The predicted octanol–water partition coefficient (Wildman–Crippen LogP) is 8.20. The van der Waals surface area contributed by atoms with Crippen LogP contribution < -0.4 is 0 Å². The van der Waals surface area contributed by atoms with Crippen LogP contribution in [0.2, 0.25) is 0 Å². The number of hydrogen-bond acceptors (Lipinski definition) is 0. The predicted molar refractivity (Wildman–Crippen MR) is 134 cm³/mol. The second kappa shape index (κ2) is 7.54. The molecule has 0 heteroatoms. The van der Waals surface area contributed by atoms with E-state index in [1.807, 2.05) is 13.8 Å². The summed E-state index contributed by atoms with van der Waals surface area (Å²) in [4.78, 5) is 0. The van der Waals surface area contributed by atoms with Crippen LogP contribution in [-0.2, 0) is 5.41 Å². The molecule has 0 nitrogen and oxygen atoms in total. The number of hydrogen-bond donors (Lipinski definition) is 0. The van der Waals surface area contributed by atoms with Crippen LogP contribution in [-0.4, -0.2) is 0 Å². The molecule has 0 amide bonds. The van der Waals surface area contributed by atoms with Gasteiger partial charge in [-0.15, -0.1) is 6.58 Å². The molecule has 0 radical (unpaired) electrons. The first kappa shape index (κ1) is 19.8. The third-order valence-electron chi connectivity index (χ3n) is 6.74. The molecule has 2 atom stereocenters. The second-order valence-electron chi connectivity index (χ2n) is 9.28. The lowest BCUT2D eigenvalue weighted by Gasteiger charge is -2.33. The van der Waals surface area contributed by atoms with Crippen molar-refractivity contribution in [1.82, 2.24) is 0 Å². The fraction of sp³-hybridized carbons (Fsp3) is 0.226. The molecule has 31 heavy (non-hydrogen) atoms. The minimum absolute atomic E-state index is 0.159. The van der Waals surface area contributed by atoms with Gasteiger partial charge in [0.05, 0.1) is 5.41 Å². The van der Waals surface area contributed by atoms with Gasteiger partial charge in [-0.2, -0.15) is 0 Å². The van der Waals surface area contributed by atoms with Crippen molar-refractivity contribution < 1.29 is 0 Å². The van der Waals surface area contributed by atoms with Crippen LogP contribution >= 0.6 is 0 Å². The number of fused-ring (bicyclic) bond motifs is 8. The normalized spacial score (nSPS) is 24.3. The van der Waals surface area contributed by atoms with Gasteiger partial charge in [0.2, 0.25) is 0 Å². The van der Waals surface area contributed by atoms with Crippen molar-refractivity contribution in [3.05, 3.63) is 131 Å². The Morgan fingerprint density at radius 1 is 0.806 bits per heavy atom. The van der Waals surface area contributed by atoms with Crippen LogP contribution in [0.5, 0.6) is 0 Å². The zero-order valence-electron chi connectivity index (χ0n) is 18.8. The Morgan fingerprint density at radius 2 is 1.39 bits per heavy atom. The molecule has 0 bridgehead atoms. The molecule has 0 N–H and O–H groups in total. The summed E-state index contributed by atoms with van der Waals surface area (Å²) in [6, 6.07) is 18.2. The van der Waals surface area contributed by atoms with Gasteiger partial charge >= 0.3 is 0 Å². The smallest absolute Gasteiger partial charge is 0.0722 e. The van der Waals surface area contributed by atoms with E-state index < -0.39 is 0 Å². The van der Waals surface area contributed by atoms with Crippen LogP contribution in [0, 0.1) is 5.92 Å². The van der Waals surface area contributed by atoms with Crippen molar-refractivity contribution in [2.24, 2.45) is 5.92 Å². The van der Waals surface area contributed by atoms with Crippen molar-refractivity contribution in [3.63, 3.8) is 0 Å². The Balaban J connectivity index is 0.000000473. The fourth-order valence-electron chi connectivity index (χ4n) is 5.75. The van der Waals surface area contributed by atoms with Crippen molar-refractivity contribution in [3.8, 4) is 0 Å². The molecule has 0 saturated heterocycles. The molecule has 2 unspecified atom stereocenters. The van der Waals surface area contributed by atoms with E-state index >= 15 is 0 Å². The molecule has 0 aliphatic heterocycles. The SMILES string of the molecule is C=C(C)C.CC1CC=CC2=C1c1ccccc1C21C2=C(C=CCC=C2)c2ccccc21. The fourth-order valence-corrected chi connectivity index (χ4v) is 5.75.